The lowest BCUT2D eigenvalue weighted by atomic mass is 10.2. The third-order valence-corrected chi connectivity index (χ3v) is 3.26. The maximum Gasteiger partial charge on any atom is 0.123 e. The predicted octanol–water partition coefficient (Wildman–Crippen LogP) is 3.43. The maximum atomic E-state index is 5.87. The van der Waals surface area contributed by atoms with E-state index in [0.717, 1.165) is 22.1 Å². The average molecular weight is 277 g/mol. The standard InChI is InChI=1S/C14H19N3OS/c1-9(2)18-14-5-11(15)4-12(6-14)16-7-13-8-19-10(3)17-13/h4-6,8-9,16H,7,15H2,1-3H3. The zero-order valence-electron chi connectivity index (χ0n) is 11.4. The molecule has 1 aromatic heterocycles. The number of hydrogen-bond acceptors (Lipinski definition) is 5. The van der Waals surface area contributed by atoms with E-state index < -0.39 is 0 Å². The molecule has 0 spiro atoms. The van der Waals surface area contributed by atoms with E-state index in [2.05, 4.69) is 15.7 Å². The molecule has 0 aliphatic heterocycles. The molecule has 0 atom stereocenters. The van der Waals surface area contributed by atoms with E-state index >= 15 is 0 Å². The van der Waals surface area contributed by atoms with Crippen molar-refractivity contribution in [1.29, 1.82) is 0 Å². The number of aromatic nitrogens is 1. The quantitative estimate of drug-likeness (QED) is 0.822. The highest BCUT2D eigenvalue weighted by Gasteiger charge is 2.03. The summed E-state index contributed by atoms with van der Waals surface area (Å²) in [6, 6.07) is 5.68. The first-order chi connectivity index (χ1) is 9.02. The van der Waals surface area contributed by atoms with Gasteiger partial charge in [-0.3, -0.25) is 0 Å². The van der Waals surface area contributed by atoms with Crippen molar-refractivity contribution in [2.75, 3.05) is 11.1 Å². The Morgan fingerprint density at radius 2 is 2.16 bits per heavy atom. The van der Waals surface area contributed by atoms with Gasteiger partial charge in [0.1, 0.15) is 5.75 Å². The summed E-state index contributed by atoms with van der Waals surface area (Å²) in [7, 11) is 0. The number of benzene rings is 1. The molecule has 1 aromatic carbocycles. The number of nitrogens with two attached hydrogens (primary N) is 1. The molecule has 5 heteroatoms. The number of nitrogens with one attached hydrogen (secondary N) is 1. The third kappa shape index (κ3) is 4.13. The number of nitrogens with zero attached hydrogens (tertiary/aromatic N) is 1. The second kappa shape index (κ2) is 5.93. The van der Waals surface area contributed by atoms with Crippen molar-refractivity contribution in [3.63, 3.8) is 0 Å². The molecule has 0 unspecified atom stereocenters. The fourth-order valence-electron chi connectivity index (χ4n) is 1.75. The number of thiazole rings is 1. The van der Waals surface area contributed by atoms with Crippen LogP contribution >= 0.6 is 11.3 Å². The monoisotopic (exact) mass is 277 g/mol. The zero-order chi connectivity index (χ0) is 13.8. The Hall–Kier alpha value is -1.75. The summed E-state index contributed by atoms with van der Waals surface area (Å²) in [6.07, 6.45) is 0.135. The Kier molecular flexibility index (Phi) is 4.27. The largest absolute Gasteiger partial charge is 0.491 e. The highest BCUT2D eigenvalue weighted by molar-refractivity contribution is 7.09. The van der Waals surface area contributed by atoms with Gasteiger partial charge in [0.25, 0.3) is 0 Å². The lowest BCUT2D eigenvalue weighted by molar-refractivity contribution is 0.242. The van der Waals surface area contributed by atoms with E-state index in [4.69, 9.17) is 10.5 Å². The molecule has 2 aromatic rings. The van der Waals surface area contributed by atoms with Crippen molar-refractivity contribution in [3.8, 4) is 5.75 Å². The molecular formula is C14H19N3OS. The summed E-state index contributed by atoms with van der Waals surface area (Å²) in [5.41, 5.74) is 8.55. The number of ether oxygens (including phenoxy) is 1. The molecule has 0 bridgehead atoms. The minimum Gasteiger partial charge on any atom is -0.491 e. The summed E-state index contributed by atoms with van der Waals surface area (Å²) >= 11 is 1.65. The molecule has 19 heavy (non-hydrogen) atoms. The molecule has 1 heterocycles. The third-order valence-electron chi connectivity index (χ3n) is 2.44. The molecule has 0 radical (unpaired) electrons. The molecule has 0 saturated carbocycles. The molecule has 0 aliphatic carbocycles. The van der Waals surface area contributed by atoms with Crippen molar-refractivity contribution >= 4 is 22.7 Å². The lowest BCUT2D eigenvalue weighted by Crippen LogP contribution is -2.07. The Labute approximate surface area is 117 Å². The Morgan fingerprint density at radius 1 is 1.37 bits per heavy atom. The van der Waals surface area contributed by atoms with Crippen molar-refractivity contribution in [2.24, 2.45) is 0 Å². The maximum absolute atomic E-state index is 5.87. The number of hydrogen-bond donors (Lipinski definition) is 2. The summed E-state index contributed by atoms with van der Waals surface area (Å²) in [4.78, 5) is 4.41. The van der Waals surface area contributed by atoms with Crippen molar-refractivity contribution < 1.29 is 4.74 Å². The van der Waals surface area contributed by atoms with E-state index in [1.807, 2.05) is 39.0 Å². The molecule has 0 saturated heterocycles. The van der Waals surface area contributed by atoms with Gasteiger partial charge in [0.2, 0.25) is 0 Å². The van der Waals surface area contributed by atoms with E-state index in [1.54, 1.807) is 11.3 Å². The number of aryl methyl sites for hydroxylation is 1. The van der Waals surface area contributed by atoms with E-state index in [-0.39, 0.29) is 6.10 Å². The molecule has 0 fully saturated rings. The molecule has 2 rings (SSSR count). The second-order valence-electron chi connectivity index (χ2n) is 4.67. The molecule has 102 valence electrons. The van der Waals surface area contributed by atoms with Gasteiger partial charge in [-0.1, -0.05) is 0 Å². The Bertz CT molecular complexity index is 551. The minimum absolute atomic E-state index is 0.135. The normalized spacial score (nSPS) is 10.7. The minimum atomic E-state index is 0.135. The summed E-state index contributed by atoms with van der Waals surface area (Å²) in [5.74, 6) is 0.784. The molecule has 0 aliphatic rings. The van der Waals surface area contributed by atoms with Crippen LogP contribution in [0.3, 0.4) is 0 Å². The van der Waals surface area contributed by atoms with Crippen LogP contribution in [0.5, 0.6) is 5.75 Å². The fourth-order valence-corrected chi connectivity index (χ4v) is 2.36. The smallest absolute Gasteiger partial charge is 0.123 e. The van der Waals surface area contributed by atoms with Crippen LogP contribution in [-0.4, -0.2) is 11.1 Å². The number of anilines is 2. The van der Waals surface area contributed by atoms with Crippen LogP contribution in [-0.2, 0) is 6.54 Å². The Balaban J connectivity index is 2.05. The van der Waals surface area contributed by atoms with Crippen LogP contribution in [0.15, 0.2) is 23.6 Å². The van der Waals surface area contributed by atoms with E-state index in [1.165, 1.54) is 0 Å². The van der Waals surface area contributed by atoms with Crippen LogP contribution in [0.1, 0.15) is 24.5 Å². The van der Waals surface area contributed by atoms with Crippen LogP contribution in [0.2, 0.25) is 0 Å². The van der Waals surface area contributed by atoms with Crippen LogP contribution < -0.4 is 15.8 Å². The van der Waals surface area contributed by atoms with Gasteiger partial charge in [-0.2, -0.15) is 0 Å². The van der Waals surface area contributed by atoms with Crippen LogP contribution in [0, 0.1) is 6.92 Å². The van der Waals surface area contributed by atoms with Crippen molar-refractivity contribution in [1.82, 2.24) is 4.98 Å². The van der Waals surface area contributed by atoms with Crippen molar-refractivity contribution in [2.45, 2.75) is 33.4 Å². The van der Waals surface area contributed by atoms with Crippen molar-refractivity contribution in [3.05, 3.63) is 34.3 Å². The van der Waals surface area contributed by atoms with Gasteiger partial charge < -0.3 is 15.8 Å². The summed E-state index contributed by atoms with van der Waals surface area (Å²) in [6.45, 7) is 6.68. The zero-order valence-corrected chi connectivity index (χ0v) is 12.3. The first-order valence-corrected chi connectivity index (χ1v) is 7.13. The summed E-state index contributed by atoms with van der Waals surface area (Å²) in [5, 5.41) is 6.45. The first kappa shape index (κ1) is 13.7. The van der Waals surface area contributed by atoms with Gasteiger partial charge in [-0.15, -0.1) is 11.3 Å². The van der Waals surface area contributed by atoms with Gasteiger partial charge in [0.15, 0.2) is 0 Å². The molecular weight excluding hydrogens is 258 g/mol. The molecule has 0 amide bonds. The van der Waals surface area contributed by atoms with Gasteiger partial charge in [0.05, 0.1) is 23.4 Å². The van der Waals surface area contributed by atoms with E-state index in [0.29, 0.717) is 12.2 Å². The first-order valence-electron chi connectivity index (χ1n) is 6.25. The molecule has 3 N–H and O–H groups in total. The second-order valence-corrected chi connectivity index (χ2v) is 5.73. The van der Waals surface area contributed by atoms with Gasteiger partial charge in [-0.25, -0.2) is 4.98 Å². The van der Waals surface area contributed by atoms with Crippen LogP contribution in [0.25, 0.3) is 0 Å². The van der Waals surface area contributed by atoms with Crippen LogP contribution in [0.4, 0.5) is 11.4 Å². The predicted molar refractivity (Wildman–Crippen MR) is 80.8 cm³/mol. The number of nitrogen functional groups attached to an aromatic ring is 1. The topological polar surface area (TPSA) is 60.2 Å². The lowest BCUT2D eigenvalue weighted by Gasteiger charge is -2.13. The van der Waals surface area contributed by atoms with Gasteiger partial charge in [0, 0.05) is 28.9 Å². The molecule has 4 nitrogen and oxygen atoms in total. The summed E-state index contributed by atoms with van der Waals surface area (Å²) < 4.78 is 5.66. The van der Waals surface area contributed by atoms with E-state index in [9.17, 15) is 0 Å². The Morgan fingerprint density at radius 3 is 2.79 bits per heavy atom. The fraction of sp³-hybridized carbons (Fsp3) is 0.357. The SMILES string of the molecule is Cc1nc(CNc2cc(N)cc(OC(C)C)c2)cs1. The van der Waals surface area contributed by atoms with Gasteiger partial charge >= 0.3 is 0 Å². The number of rotatable bonds is 5. The highest BCUT2D eigenvalue weighted by Crippen LogP contribution is 2.24. The highest BCUT2D eigenvalue weighted by atomic mass is 32.1. The van der Waals surface area contributed by atoms with Gasteiger partial charge in [-0.05, 0) is 26.8 Å². The average Bonchev–Trinajstić information content (AvgIpc) is 2.71.